The number of anilines is 1. The minimum absolute atomic E-state index is 0.0493. The van der Waals surface area contributed by atoms with Crippen molar-refractivity contribution >= 4 is 32.5 Å². The molecule has 4 aromatic rings. The summed E-state index contributed by atoms with van der Waals surface area (Å²) in [5, 5.41) is 0.668. The zero-order valence-electron chi connectivity index (χ0n) is 20.7. The Hall–Kier alpha value is -4.05. The van der Waals surface area contributed by atoms with Crippen LogP contribution < -0.4 is 15.4 Å². The number of carbonyl (C=O) groups is 1. The van der Waals surface area contributed by atoms with Crippen molar-refractivity contribution in [3.8, 4) is 11.8 Å². The van der Waals surface area contributed by atoms with Crippen LogP contribution in [0, 0.1) is 5.92 Å². The van der Waals surface area contributed by atoms with Crippen LogP contribution in [0.4, 0.5) is 5.82 Å². The Morgan fingerprint density at radius 3 is 2.51 bits per heavy atom. The lowest BCUT2D eigenvalue weighted by Gasteiger charge is -2.33. The molecule has 0 saturated carbocycles. The third-order valence-corrected chi connectivity index (χ3v) is 8.21. The second kappa shape index (κ2) is 9.11. The number of para-hydroxylation sites is 1. The third kappa shape index (κ3) is 4.60. The van der Waals surface area contributed by atoms with Crippen LogP contribution in [0.1, 0.15) is 37.6 Å². The van der Waals surface area contributed by atoms with Gasteiger partial charge in [0.2, 0.25) is 21.6 Å². The number of aromatic nitrogens is 3. The Labute approximate surface area is 215 Å². The zero-order valence-corrected chi connectivity index (χ0v) is 21.6. The van der Waals surface area contributed by atoms with E-state index in [9.17, 15) is 13.2 Å². The minimum Gasteiger partial charge on any atom is -0.421 e. The standard InChI is InChI=1S/C27H27N5O4S/c1-17-15-27(2,3)32(16-17)26-24(25(28)33)20(13-14-29-26)37(34,35)23-10-6-9-21(31-23)36-22-12-11-18-7-4-5-8-19(18)30-22/h4-14,17H,15-16H2,1-3H3,(H2,28,33). The summed E-state index contributed by atoms with van der Waals surface area (Å²) in [6.45, 7) is 6.80. The Kier molecular flexibility index (Phi) is 6.07. The van der Waals surface area contributed by atoms with Gasteiger partial charge in [0, 0.05) is 35.8 Å². The predicted octanol–water partition coefficient (Wildman–Crippen LogP) is 4.37. The number of primary amides is 1. The lowest BCUT2D eigenvalue weighted by atomic mass is 9.97. The lowest BCUT2D eigenvalue weighted by Crippen LogP contribution is -2.40. The van der Waals surface area contributed by atoms with E-state index in [0.717, 1.165) is 17.3 Å². The van der Waals surface area contributed by atoms with Crippen LogP contribution in [0.25, 0.3) is 10.9 Å². The van der Waals surface area contributed by atoms with Crippen molar-refractivity contribution in [1.29, 1.82) is 0 Å². The van der Waals surface area contributed by atoms with Crippen LogP contribution in [0.2, 0.25) is 0 Å². The van der Waals surface area contributed by atoms with Crippen molar-refractivity contribution in [1.82, 2.24) is 15.0 Å². The monoisotopic (exact) mass is 517 g/mol. The first-order valence-corrected chi connectivity index (χ1v) is 13.4. The van der Waals surface area contributed by atoms with Crippen LogP contribution in [0.15, 0.2) is 76.8 Å². The van der Waals surface area contributed by atoms with Crippen LogP contribution in [-0.4, -0.2) is 41.4 Å². The SMILES string of the molecule is CC1CN(c2nccc(S(=O)(=O)c3cccc(Oc4ccc5ccccc5n4)n3)c2C(N)=O)C(C)(C)C1. The fraction of sp³-hybridized carbons (Fsp3) is 0.259. The molecule has 10 heteroatoms. The molecular weight excluding hydrogens is 490 g/mol. The zero-order chi connectivity index (χ0) is 26.4. The van der Waals surface area contributed by atoms with Gasteiger partial charge in [-0.15, -0.1) is 0 Å². The molecule has 37 heavy (non-hydrogen) atoms. The number of hydrogen-bond donors (Lipinski definition) is 1. The fourth-order valence-electron chi connectivity index (χ4n) is 4.98. The summed E-state index contributed by atoms with van der Waals surface area (Å²) >= 11 is 0. The molecule has 0 bridgehead atoms. The van der Waals surface area contributed by atoms with Crippen LogP contribution in [-0.2, 0) is 9.84 Å². The second-order valence-electron chi connectivity index (χ2n) is 9.87. The van der Waals surface area contributed by atoms with Gasteiger partial charge in [0.1, 0.15) is 11.4 Å². The molecule has 9 nitrogen and oxygen atoms in total. The summed E-state index contributed by atoms with van der Waals surface area (Å²) in [4.78, 5) is 27.4. The van der Waals surface area contributed by atoms with E-state index >= 15 is 0 Å². The van der Waals surface area contributed by atoms with Crippen molar-refractivity contribution in [2.24, 2.45) is 11.7 Å². The molecule has 1 atom stereocenters. The largest absolute Gasteiger partial charge is 0.421 e. The van der Waals surface area contributed by atoms with E-state index in [1.807, 2.05) is 49.1 Å². The van der Waals surface area contributed by atoms with Crippen LogP contribution in [0.5, 0.6) is 11.8 Å². The number of carbonyl (C=O) groups excluding carboxylic acids is 1. The number of ether oxygens (including phenoxy) is 1. The van der Waals surface area contributed by atoms with Gasteiger partial charge in [-0.25, -0.2) is 23.4 Å². The molecule has 1 fully saturated rings. The van der Waals surface area contributed by atoms with Crippen LogP contribution in [0.3, 0.4) is 0 Å². The number of amides is 1. The summed E-state index contributed by atoms with van der Waals surface area (Å²) in [6, 6.07) is 16.8. The molecule has 0 radical (unpaired) electrons. The van der Waals surface area contributed by atoms with Gasteiger partial charge >= 0.3 is 0 Å². The molecule has 2 N–H and O–H groups in total. The van der Waals surface area contributed by atoms with Crippen molar-refractivity contribution < 1.29 is 17.9 Å². The molecule has 1 aliphatic rings. The van der Waals surface area contributed by atoms with Crippen LogP contribution >= 0.6 is 0 Å². The first-order valence-electron chi connectivity index (χ1n) is 11.9. The van der Waals surface area contributed by atoms with Gasteiger partial charge in [0.25, 0.3) is 5.91 Å². The summed E-state index contributed by atoms with van der Waals surface area (Å²) < 4.78 is 33.3. The molecule has 0 spiro atoms. The maximum Gasteiger partial charge on any atom is 0.253 e. The third-order valence-electron chi connectivity index (χ3n) is 6.51. The van der Waals surface area contributed by atoms with Crippen molar-refractivity contribution in [2.75, 3.05) is 11.4 Å². The number of rotatable bonds is 6. The normalized spacial score (nSPS) is 17.2. The molecule has 190 valence electrons. The number of benzene rings is 1. The minimum atomic E-state index is -4.25. The summed E-state index contributed by atoms with van der Waals surface area (Å²) in [5.74, 6) is 0.0564. The Balaban J connectivity index is 1.54. The highest BCUT2D eigenvalue weighted by Gasteiger charge is 2.40. The molecule has 1 unspecified atom stereocenters. The molecule has 3 aromatic heterocycles. The maximum atomic E-state index is 13.7. The number of pyridine rings is 3. The van der Waals surface area contributed by atoms with Gasteiger partial charge in [0.15, 0.2) is 5.03 Å². The first kappa shape index (κ1) is 24.6. The molecule has 4 heterocycles. The van der Waals surface area contributed by atoms with E-state index in [0.29, 0.717) is 12.5 Å². The van der Waals surface area contributed by atoms with Crippen molar-refractivity contribution in [3.05, 3.63) is 72.4 Å². The van der Waals surface area contributed by atoms with E-state index < -0.39 is 15.7 Å². The Bertz CT molecular complexity index is 1620. The molecule has 1 aliphatic heterocycles. The van der Waals surface area contributed by atoms with Crippen molar-refractivity contribution in [2.45, 2.75) is 42.7 Å². The van der Waals surface area contributed by atoms with E-state index in [2.05, 4.69) is 21.9 Å². The van der Waals surface area contributed by atoms with Gasteiger partial charge in [-0.2, -0.15) is 0 Å². The average Bonchev–Trinajstić information content (AvgIpc) is 3.15. The molecule has 1 saturated heterocycles. The number of nitrogens with two attached hydrogens (primary N) is 1. The predicted molar refractivity (Wildman–Crippen MR) is 139 cm³/mol. The van der Waals surface area contributed by atoms with Gasteiger partial charge in [0.05, 0.1) is 10.4 Å². The van der Waals surface area contributed by atoms with Gasteiger partial charge in [-0.3, -0.25) is 4.79 Å². The molecule has 1 aromatic carbocycles. The quantitative estimate of drug-likeness (QED) is 0.399. The molecule has 5 rings (SSSR count). The highest BCUT2D eigenvalue weighted by atomic mass is 32.2. The number of nitrogens with zero attached hydrogens (tertiary/aromatic N) is 4. The van der Waals surface area contributed by atoms with E-state index in [4.69, 9.17) is 10.5 Å². The Morgan fingerprint density at radius 2 is 1.78 bits per heavy atom. The summed E-state index contributed by atoms with van der Waals surface area (Å²) in [7, 11) is -4.25. The van der Waals surface area contributed by atoms with E-state index in [1.165, 1.54) is 30.5 Å². The molecule has 1 amide bonds. The Morgan fingerprint density at radius 1 is 1.03 bits per heavy atom. The van der Waals surface area contributed by atoms with E-state index in [-0.39, 0.29) is 38.6 Å². The number of fused-ring (bicyclic) bond motifs is 1. The fourth-order valence-corrected chi connectivity index (χ4v) is 6.37. The van der Waals surface area contributed by atoms with Gasteiger partial charge < -0.3 is 15.4 Å². The first-order chi connectivity index (χ1) is 17.6. The smallest absolute Gasteiger partial charge is 0.253 e. The summed E-state index contributed by atoms with van der Waals surface area (Å²) in [6.07, 6.45) is 2.25. The van der Waals surface area contributed by atoms with Gasteiger partial charge in [-0.1, -0.05) is 31.2 Å². The highest BCUT2D eigenvalue weighted by Crippen LogP contribution is 2.39. The highest BCUT2D eigenvalue weighted by molar-refractivity contribution is 7.91. The van der Waals surface area contributed by atoms with E-state index in [1.54, 1.807) is 6.07 Å². The number of sulfone groups is 1. The summed E-state index contributed by atoms with van der Waals surface area (Å²) in [5.41, 5.74) is 6.00. The van der Waals surface area contributed by atoms with Crippen molar-refractivity contribution in [3.63, 3.8) is 0 Å². The lowest BCUT2D eigenvalue weighted by molar-refractivity contribution is 0.0997. The topological polar surface area (TPSA) is 128 Å². The second-order valence-corrected chi connectivity index (χ2v) is 11.7. The number of hydrogen-bond acceptors (Lipinski definition) is 8. The average molecular weight is 518 g/mol. The maximum absolute atomic E-state index is 13.7. The molecular formula is C27H27N5O4S. The molecule has 0 aliphatic carbocycles. The van der Waals surface area contributed by atoms with Gasteiger partial charge in [-0.05, 0) is 50.5 Å².